The van der Waals surface area contributed by atoms with Crippen molar-refractivity contribution in [2.24, 2.45) is 5.92 Å². The van der Waals surface area contributed by atoms with E-state index in [1.165, 1.54) is 4.90 Å². The number of anilines is 1. The molecule has 3 fully saturated rings. The van der Waals surface area contributed by atoms with E-state index in [4.69, 9.17) is 0 Å². The van der Waals surface area contributed by atoms with Gasteiger partial charge in [0.25, 0.3) is 0 Å². The van der Waals surface area contributed by atoms with Crippen LogP contribution in [0.1, 0.15) is 12.8 Å². The fourth-order valence-corrected chi connectivity index (χ4v) is 6.21. The third-order valence-corrected chi connectivity index (χ3v) is 7.73. The number of benzene rings is 1. The Kier molecular flexibility index (Phi) is 5.32. The first kappa shape index (κ1) is 20.2. The maximum atomic E-state index is 13.5. The lowest BCUT2D eigenvalue weighted by atomic mass is 10.1. The van der Waals surface area contributed by atoms with E-state index < -0.39 is 27.4 Å². The molecular weight excluding hydrogens is 404 g/mol. The van der Waals surface area contributed by atoms with Gasteiger partial charge in [0.2, 0.25) is 11.8 Å². The molecule has 0 aromatic heterocycles. The Morgan fingerprint density at radius 2 is 1.69 bits per heavy atom. The summed E-state index contributed by atoms with van der Waals surface area (Å²) in [6.45, 7) is 2.27. The van der Waals surface area contributed by atoms with Gasteiger partial charge in [-0.3, -0.25) is 14.5 Å². The molecule has 0 saturated carbocycles. The van der Waals surface area contributed by atoms with Crippen LogP contribution in [0.5, 0.6) is 0 Å². The van der Waals surface area contributed by atoms with E-state index in [2.05, 4.69) is 4.90 Å². The minimum Gasteiger partial charge on any atom is -0.340 e. The van der Waals surface area contributed by atoms with Gasteiger partial charge in [0.05, 0.1) is 17.4 Å². The SMILES string of the molecule is O=C(C1CC(=O)N(c2cc(F)cc(F)c2)C1)N1CCN(C2CCS(=O)(=O)C2)CC1. The Labute approximate surface area is 168 Å². The van der Waals surface area contributed by atoms with Gasteiger partial charge in [-0.05, 0) is 18.6 Å². The van der Waals surface area contributed by atoms with Crippen molar-refractivity contribution in [2.75, 3.05) is 49.1 Å². The predicted molar refractivity (Wildman–Crippen MR) is 102 cm³/mol. The van der Waals surface area contributed by atoms with Gasteiger partial charge in [0, 0.05) is 56.9 Å². The highest BCUT2D eigenvalue weighted by molar-refractivity contribution is 7.91. The summed E-state index contributed by atoms with van der Waals surface area (Å²) in [6.07, 6.45) is 0.643. The molecule has 0 radical (unpaired) electrons. The van der Waals surface area contributed by atoms with Crippen LogP contribution in [0.15, 0.2) is 18.2 Å². The summed E-state index contributed by atoms with van der Waals surface area (Å²) in [5.74, 6) is -2.17. The van der Waals surface area contributed by atoms with Gasteiger partial charge in [-0.2, -0.15) is 0 Å². The van der Waals surface area contributed by atoms with Gasteiger partial charge in [0.15, 0.2) is 9.84 Å². The summed E-state index contributed by atoms with van der Waals surface area (Å²) in [7, 11) is -2.95. The molecule has 1 aromatic carbocycles. The minimum absolute atomic E-state index is 0.0120. The predicted octanol–water partition coefficient (Wildman–Crippen LogP) is 0.649. The van der Waals surface area contributed by atoms with Crippen molar-refractivity contribution in [3.63, 3.8) is 0 Å². The van der Waals surface area contributed by atoms with Crippen LogP contribution < -0.4 is 4.90 Å². The number of sulfone groups is 1. The third-order valence-electron chi connectivity index (χ3n) is 5.98. The molecule has 4 rings (SSSR count). The highest BCUT2D eigenvalue weighted by atomic mass is 32.2. The fraction of sp³-hybridized carbons (Fsp3) is 0.579. The topological polar surface area (TPSA) is 78.0 Å². The fourth-order valence-electron chi connectivity index (χ4n) is 4.45. The van der Waals surface area contributed by atoms with Gasteiger partial charge >= 0.3 is 0 Å². The number of amides is 2. The quantitative estimate of drug-likeness (QED) is 0.708. The van der Waals surface area contributed by atoms with Crippen LogP contribution in [0.3, 0.4) is 0 Å². The Hall–Kier alpha value is -2.07. The number of hydrogen-bond acceptors (Lipinski definition) is 5. The maximum Gasteiger partial charge on any atom is 0.228 e. The van der Waals surface area contributed by atoms with E-state index in [1.54, 1.807) is 4.90 Å². The number of rotatable bonds is 3. The van der Waals surface area contributed by atoms with Crippen molar-refractivity contribution in [2.45, 2.75) is 18.9 Å². The monoisotopic (exact) mass is 427 g/mol. The molecule has 2 atom stereocenters. The highest BCUT2D eigenvalue weighted by Gasteiger charge is 2.39. The molecule has 29 heavy (non-hydrogen) atoms. The maximum absolute atomic E-state index is 13.5. The largest absolute Gasteiger partial charge is 0.340 e. The second-order valence-corrected chi connectivity index (χ2v) is 10.2. The second-order valence-electron chi connectivity index (χ2n) is 7.95. The lowest BCUT2D eigenvalue weighted by Crippen LogP contribution is -2.53. The third kappa shape index (κ3) is 4.28. The molecule has 3 heterocycles. The zero-order chi connectivity index (χ0) is 20.8. The lowest BCUT2D eigenvalue weighted by Gasteiger charge is -2.38. The standard InChI is InChI=1S/C19H23F2N3O4S/c20-14-8-15(21)10-17(9-14)24-11-13(7-18(24)25)19(26)23-4-2-22(3-5-23)16-1-6-29(27,28)12-16/h8-10,13,16H,1-7,11-12H2. The molecular formula is C19H23F2N3O4S. The molecule has 0 aliphatic carbocycles. The summed E-state index contributed by atoms with van der Waals surface area (Å²) in [5.41, 5.74) is 0.120. The normalized spacial score (nSPS) is 27.6. The van der Waals surface area contributed by atoms with Gasteiger partial charge in [-0.1, -0.05) is 0 Å². The van der Waals surface area contributed by atoms with Crippen LogP contribution in [0.2, 0.25) is 0 Å². The molecule has 10 heteroatoms. The Bertz CT molecular complexity index is 911. The highest BCUT2D eigenvalue weighted by Crippen LogP contribution is 2.28. The zero-order valence-corrected chi connectivity index (χ0v) is 16.7. The van der Waals surface area contributed by atoms with E-state index in [0.717, 1.165) is 18.2 Å². The van der Waals surface area contributed by atoms with Crippen LogP contribution in [-0.2, 0) is 19.4 Å². The van der Waals surface area contributed by atoms with Crippen LogP contribution in [0, 0.1) is 17.6 Å². The molecule has 0 bridgehead atoms. The molecule has 2 unspecified atom stereocenters. The van der Waals surface area contributed by atoms with Gasteiger partial charge < -0.3 is 9.80 Å². The number of piperazine rings is 1. The van der Waals surface area contributed by atoms with Gasteiger partial charge in [-0.15, -0.1) is 0 Å². The van der Waals surface area contributed by atoms with E-state index in [1.807, 2.05) is 0 Å². The molecule has 7 nitrogen and oxygen atoms in total. The smallest absolute Gasteiger partial charge is 0.228 e. The summed E-state index contributed by atoms with van der Waals surface area (Å²) in [4.78, 5) is 30.3. The second kappa shape index (κ2) is 7.64. The molecule has 3 saturated heterocycles. The lowest BCUT2D eigenvalue weighted by molar-refractivity contribution is -0.137. The first-order valence-corrected chi connectivity index (χ1v) is 11.5. The molecule has 3 aliphatic rings. The van der Waals surface area contributed by atoms with Crippen LogP contribution >= 0.6 is 0 Å². The van der Waals surface area contributed by atoms with Crippen molar-refractivity contribution in [1.29, 1.82) is 0 Å². The van der Waals surface area contributed by atoms with Crippen molar-refractivity contribution < 1.29 is 26.8 Å². The van der Waals surface area contributed by atoms with Crippen LogP contribution in [0.4, 0.5) is 14.5 Å². The van der Waals surface area contributed by atoms with E-state index in [9.17, 15) is 26.8 Å². The molecule has 1 aromatic rings. The summed E-state index contributed by atoms with van der Waals surface area (Å²) >= 11 is 0. The number of carbonyl (C=O) groups is 2. The number of hydrogen-bond donors (Lipinski definition) is 0. The van der Waals surface area contributed by atoms with Crippen molar-refractivity contribution in [3.8, 4) is 0 Å². The van der Waals surface area contributed by atoms with E-state index >= 15 is 0 Å². The average Bonchev–Trinajstić information content (AvgIpc) is 3.23. The van der Waals surface area contributed by atoms with Crippen LogP contribution in [0.25, 0.3) is 0 Å². The summed E-state index contributed by atoms with van der Waals surface area (Å²) in [6, 6.07) is 2.93. The molecule has 158 valence electrons. The zero-order valence-electron chi connectivity index (χ0n) is 15.9. The van der Waals surface area contributed by atoms with E-state index in [-0.39, 0.29) is 48.0 Å². The minimum atomic E-state index is -2.95. The van der Waals surface area contributed by atoms with Crippen molar-refractivity contribution in [1.82, 2.24) is 9.80 Å². The van der Waals surface area contributed by atoms with Crippen molar-refractivity contribution in [3.05, 3.63) is 29.8 Å². The number of halogens is 2. The number of nitrogens with zero attached hydrogens (tertiary/aromatic N) is 3. The molecule has 2 amide bonds. The number of carbonyl (C=O) groups excluding carboxylic acids is 2. The van der Waals surface area contributed by atoms with Crippen LogP contribution in [-0.4, -0.2) is 80.3 Å². The Morgan fingerprint density at radius 1 is 1.03 bits per heavy atom. The van der Waals surface area contributed by atoms with Crippen molar-refractivity contribution >= 4 is 27.3 Å². The van der Waals surface area contributed by atoms with E-state index in [0.29, 0.717) is 32.6 Å². The summed E-state index contributed by atoms with van der Waals surface area (Å²) < 4.78 is 50.3. The molecule has 0 spiro atoms. The summed E-state index contributed by atoms with van der Waals surface area (Å²) in [5, 5.41) is 0. The average molecular weight is 427 g/mol. The Morgan fingerprint density at radius 3 is 2.28 bits per heavy atom. The first-order chi connectivity index (χ1) is 13.7. The van der Waals surface area contributed by atoms with Gasteiger partial charge in [-0.25, -0.2) is 17.2 Å². The Balaban J connectivity index is 1.35. The molecule has 0 N–H and O–H groups in total. The molecule has 3 aliphatic heterocycles. The van der Waals surface area contributed by atoms with Gasteiger partial charge in [0.1, 0.15) is 11.6 Å². The first-order valence-electron chi connectivity index (χ1n) is 9.71.